The first-order valence-electron chi connectivity index (χ1n) is 6.74. The summed E-state index contributed by atoms with van der Waals surface area (Å²) in [6, 6.07) is 1.75. The zero-order chi connectivity index (χ0) is 16.3. The molecule has 8 heteroatoms. The number of aryl methyl sites for hydroxylation is 1. The molecule has 0 atom stereocenters. The van der Waals surface area contributed by atoms with Gasteiger partial charge in [0, 0.05) is 36.0 Å². The van der Waals surface area contributed by atoms with Crippen molar-refractivity contribution >= 4 is 16.5 Å². The van der Waals surface area contributed by atoms with Crippen molar-refractivity contribution < 1.29 is 17.9 Å². The first-order chi connectivity index (χ1) is 10.3. The molecule has 0 saturated heterocycles. The van der Waals surface area contributed by atoms with Crippen LogP contribution in [-0.2, 0) is 11.3 Å². The van der Waals surface area contributed by atoms with Gasteiger partial charge in [-0.1, -0.05) is 0 Å². The van der Waals surface area contributed by atoms with E-state index in [0.717, 1.165) is 10.7 Å². The monoisotopic (exact) mass is 333 g/mol. The molecule has 0 aliphatic heterocycles. The minimum atomic E-state index is -4.24. The highest BCUT2D eigenvalue weighted by Gasteiger charge is 2.29. The van der Waals surface area contributed by atoms with E-state index in [4.69, 9.17) is 4.74 Å². The van der Waals surface area contributed by atoms with E-state index >= 15 is 0 Å². The maximum absolute atomic E-state index is 12.6. The summed E-state index contributed by atoms with van der Waals surface area (Å²) in [5.74, 6) is 0. The zero-order valence-electron chi connectivity index (χ0n) is 12.6. The molecule has 0 amide bonds. The SMILES string of the molecule is COCCNc1nc(-c2cc(C)n(CC(F)(F)F)c2C)cs1. The van der Waals surface area contributed by atoms with Crippen molar-refractivity contribution in [2.75, 3.05) is 25.6 Å². The Morgan fingerprint density at radius 2 is 2.09 bits per heavy atom. The Morgan fingerprint density at radius 1 is 1.36 bits per heavy atom. The summed E-state index contributed by atoms with van der Waals surface area (Å²) in [4.78, 5) is 4.42. The highest BCUT2D eigenvalue weighted by Crippen LogP contribution is 2.31. The fourth-order valence-corrected chi connectivity index (χ4v) is 2.96. The van der Waals surface area contributed by atoms with Gasteiger partial charge in [0.2, 0.25) is 0 Å². The number of methoxy groups -OCH3 is 1. The van der Waals surface area contributed by atoms with E-state index in [9.17, 15) is 13.2 Å². The number of nitrogens with one attached hydrogen (secondary N) is 1. The molecule has 4 nitrogen and oxygen atoms in total. The average molecular weight is 333 g/mol. The summed E-state index contributed by atoms with van der Waals surface area (Å²) in [6.07, 6.45) is -4.24. The van der Waals surface area contributed by atoms with Crippen molar-refractivity contribution in [3.05, 3.63) is 22.8 Å². The van der Waals surface area contributed by atoms with Gasteiger partial charge >= 0.3 is 6.18 Å². The Morgan fingerprint density at radius 3 is 2.73 bits per heavy atom. The summed E-state index contributed by atoms with van der Waals surface area (Å²) in [5, 5.41) is 5.68. The van der Waals surface area contributed by atoms with Gasteiger partial charge in [-0.15, -0.1) is 11.3 Å². The number of thiazole rings is 1. The zero-order valence-corrected chi connectivity index (χ0v) is 13.4. The molecule has 0 spiro atoms. The summed E-state index contributed by atoms with van der Waals surface area (Å²) in [7, 11) is 1.62. The van der Waals surface area contributed by atoms with Crippen LogP contribution in [0.15, 0.2) is 11.4 Å². The lowest BCUT2D eigenvalue weighted by Crippen LogP contribution is -2.19. The van der Waals surface area contributed by atoms with Gasteiger partial charge in [-0.05, 0) is 19.9 Å². The van der Waals surface area contributed by atoms with Crippen LogP contribution in [0.4, 0.5) is 18.3 Å². The minimum Gasteiger partial charge on any atom is -0.383 e. The lowest BCUT2D eigenvalue weighted by Gasteiger charge is -2.12. The predicted molar refractivity (Wildman–Crippen MR) is 81.4 cm³/mol. The highest BCUT2D eigenvalue weighted by molar-refractivity contribution is 7.14. The standard InChI is InChI=1S/C14H18F3N3OS/c1-9-6-11(10(2)20(9)8-14(15,16)17)12-7-22-13(19-12)18-4-5-21-3/h6-7H,4-5,8H2,1-3H3,(H,18,19). The van der Waals surface area contributed by atoms with Crippen LogP contribution >= 0.6 is 11.3 Å². The first kappa shape index (κ1) is 16.8. The molecule has 0 aliphatic rings. The molecular formula is C14H18F3N3OS. The van der Waals surface area contributed by atoms with Crippen molar-refractivity contribution in [2.45, 2.75) is 26.6 Å². The van der Waals surface area contributed by atoms with Crippen molar-refractivity contribution in [3.8, 4) is 11.3 Å². The van der Waals surface area contributed by atoms with Gasteiger partial charge in [0.15, 0.2) is 5.13 Å². The van der Waals surface area contributed by atoms with Crippen LogP contribution in [0.3, 0.4) is 0 Å². The molecule has 0 aliphatic carbocycles. The van der Waals surface area contributed by atoms with Crippen molar-refractivity contribution in [2.24, 2.45) is 0 Å². The molecule has 0 bridgehead atoms. The molecule has 2 heterocycles. The second-order valence-electron chi connectivity index (χ2n) is 4.94. The topological polar surface area (TPSA) is 39.1 Å². The number of aromatic nitrogens is 2. The van der Waals surface area contributed by atoms with E-state index in [1.54, 1.807) is 27.0 Å². The van der Waals surface area contributed by atoms with E-state index in [-0.39, 0.29) is 0 Å². The molecule has 2 rings (SSSR count). The number of hydrogen-bond donors (Lipinski definition) is 1. The van der Waals surface area contributed by atoms with Gasteiger partial charge in [0.25, 0.3) is 0 Å². The first-order valence-corrected chi connectivity index (χ1v) is 7.62. The third kappa shape index (κ3) is 4.01. The summed E-state index contributed by atoms with van der Waals surface area (Å²) < 4.78 is 44.1. The number of halogens is 3. The van der Waals surface area contributed by atoms with E-state index in [1.807, 2.05) is 5.38 Å². The third-order valence-corrected chi connectivity index (χ3v) is 4.07. The summed E-state index contributed by atoms with van der Waals surface area (Å²) in [6.45, 7) is 3.58. The van der Waals surface area contributed by atoms with Crippen LogP contribution in [-0.4, -0.2) is 36.0 Å². The predicted octanol–water partition coefficient (Wildman–Crippen LogP) is 3.85. The van der Waals surface area contributed by atoms with E-state index < -0.39 is 12.7 Å². The van der Waals surface area contributed by atoms with Crippen molar-refractivity contribution in [1.82, 2.24) is 9.55 Å². The smallest absolute Gasteiger partial charge is 0.383 e. The Hall–Kier alpha value is -1.54. The molecule has 0 aromatic carbocycles. The summed E-state index contributed by atoms with van der Waals surface area (Å²) in [5.41, 5.74) is 2.57. The van der Waals surface area contributed by atoms with Crippen LogP contribution in [0.2, 0.25) is 0 Å². The molecule has 122 valence electrons. The number of rotatable bonds is 6. The lowest BCUT2D eigenvalue weighted by atomic mass is 10.2. The van der Waals surface area contributed by atoms with Crippen LogP contribution in [0.25, 0.3) is 11.3 Å². The minimum absolute atomic E-state index is 0.564. The van der Waals surface area contributed by atoms with Crippen LogP contribution in [0.1, 0.15) is 11.4 Å². The number of alkyl halides is 3. The lowest BCUT2D eigenvalue weighted by molar-refractivity contribution is -0.141. The summed E-state index contributed by atoms with van der Waals surface area (Å²) >= 11 is 1.42. The van der Waals surface area contributed by atoms with Gasteiger partial charge in [-0.2, -0.15) is 13.2 Å². The Balaban J connectivity index is 2.21. The average Bonchev–Trinajstić information content (AvgIpc) is 2.98. The maximum atomic E-state index is 12.6. The van der Waals surface area contributed by atoms with Gasteiger partial charge in [-0.25, -0.2) is 4.98 Å². The fourth-order valence-electron chi connectivity index (χ4n) is 2.22. The van der Waals surface area contributed by atoms with Gasteiger partial charge < -0.3 is 14.6 Å². The van der Waals surface area contributed by atoms with Gasteiger partial charge in [0.05, 0.1) is 12.3 Å². The Labute approximate surface area is 130 Å². The molecular weight excluding hydrogens is 315 g/mol. The number of ether oxygens (including phenoxy) is 1. The van der Waals surface area contributed by atoms with Crippen molar-refractivity contribution in [1.29, 1.82) is 0 Å². The number of hydrogen-bond acceptors (Lipinski definition) is 4. The quantitative estimate of drug-likeness (QED) is 0.816. The third-order valence-electron chi connectivity index (χ3n) is 3.27. The van der Waals surface area contributed by atoms with Crippen LogP contribution in [0.5, 0.6) is 0 Å². The molecule has 0 fully saturated rings. The number of nitrogens with zero attached hydrogens (tertiary/aromatic N) is 2. The Kier molecular flexibility index (Phi) is 5.12. The van der Waals surface area contributed by atoms with Crippen LogP contribution < -0.4 is 5.32 Å². The van der Waals surface area contributed by atoms with Crippen LogP contribution in [0, 0.1) is 13.8 Å². The largest absolute Gasteiger partial charge is 0.406 e. The normalized spacial score (nSPS) is 11.9. The highest BCUT2D eigenvalue weighted by atomic mass is 32.1. The van der Waals surface area contributed by atoms with Gasteiger partial charge in [-0.3, -0.25) is 0 Å². The second-order valence-corrected chi connectivity index (χ2v) is 5.80. The maximum Gasteiger partial charge on any atom is 0.406 e. The fraction of sp³-hybridized carbons (Fsp3) is 0.500. The molecule has 0 saturated carbocycles. The van der Waals surface area contributed by atoms with Gasteiger partial charge in [0.1, 0.15) is 6.54 Å². The molecule has 1 N–H and O–H groups in total. The van der Waals surface area contributed by atoms with E-state index in [2.05, 4.69) is 10.3 Å². The molecule has 22 heavy (non-hydrogen) atoms. The van der Waals surface area contributed by atoms with E-state index in [0.29, 0.717) is 30.2 Å². The molecule has 0 radical (unpaired) electrons. The molecule has 2 aromatic rings. The van der Waals surface area contributed by atoms with E-state index in [1.165, 1.54) is 15.9 Å². The molecule has 2 aromatic heterocycles. The van der Waals surface area contributed by atoms with Crippen molar-refractivity contribution in [3.63, 3.8) is 0 Å². The Bertz CT molecular complexity index is 634. The molecule has 0 unspecified atom stereocenters. The number of anilines is 1. The second kappa shape index (κ2) is 6.70.